The summed E-state index contributed by atoms with van der Waals surface area (Å²) in [7, 11) is 2.86. The Hall–Kier alpha value is -2.11. The van der Waals surface area contributed by atoms with Gasteiger partial charge in [-0.1, -0.05) is 13.8 Å². The molecule has 1 aromatic rings. The molecule has 0 saturated heterocycles. The average Bonchev–Trinajstić information content (AvgIpc) is 2.37. The van der Waals surface area contributed by atoms with Gasteiger partial charge < -0.3 is 14.6 Å². The fourth-order valence-corrected chi connectivity index (χ4v) is 1.54. The third kappa shape index (κ3) is 3.67. The van der Waals surface area contributed by atoms with Crippen molar-refractivity contribution in [1.29, 1.82) is 0 Å². The number of nitrogens with one attached hydrogen (secondary N) is 1. The van der Waals surface area contributed by atoms with Crippen LogP contribution in [0.25, 0.3) is 0 Å². The number of ether oxygens (including phenoxy) is 1. The maximum Gasteiger partial charge on any atom is 0.328 e. The molecule has 6 nitrogen and oxygen atoms in total. The van der Waals surface area contributed by atoms with Crippen molar-refractivity contribution < 1.29 is 14.3 Å². The van der Waals surface area contributed by atoms with Crippen molar-refractivity contribution in [2.24, 2.45) is 13.0 Å². The van der Waals surface area contributed by atoms with E-state index in [0.29, 0.717) is 0 Å². The molecule has 0 fully saturated rings. The molecule has 0 aliphatic carbocycles. The van der Waals surface area contributed by atoms with E-state index in [1.54, 1.807) is 20.9 Å². The minimum atomic E-state index is -0.735. The molecule has 1 amide bonds. The first-order valence-corrected chi connectivity index (χ1v) is 5.92. The van der Waals surface area contributed by atoms with Gasteiger partial charge in [0.25, 0.3) is 11.5 Å². The third-order valence-electron chi connectivity index (χ3n) is 2.77. The van der Waals surface area contributed by atoms with Crippen LogP contribution in [0.3, 0.4) is 0 Å². The molecule has 0 bridgehead atoms. The second-order valence-corrected chi connectivity index (χ2v) is 4.58. The average molecular weight is 266 g/mol. The number of amides is 1. The molecule has 0 radical (unpaired) electrons. The molecule has 1 rings (SSSR count). The van der Waals surface area contributed by atoms with E-state index in [2.05, 4.69) is 10.1 Å². The van der Waals surface area contributed by atoms with Crippen LogP contribution in [0.1, 0.15) is 24.2 Å². The molecule has 0 aliphatic heterocycles. The molecule has 19 heavy (non-hydrogen) atoms. The van der Waals surface area contributed by atoms with Crippen molar-refractivity contribution in [1.82, 2.24) is 9.88 Å². The SMILES string of the molecule is COC(=O)C(NC(=O)c1ccn(C)c(=O)c1)C(C)C. The Morgan fingerprint density at radius 3 is 2.47 bits per heavy atom. The molecule has 0 aliphatic rings. The van der Waals surface area contributed by atoms with E-state index >= 15 is 0 Å². The number of carbonyl (C=O) groups excluding carboxylic acids is 2. The van der Waals surface area contributed by atoms with Gasteiger partial charge in [0.2, 0.25) is 0 Å². The largest absolute Gasteiger partial charge is 0.467 e. The van der Waals surface area contributed by atoms with Crippen LogP contribution < -0.4 is 10.9 Å². The van der Waals surface area contributed by atoms with Crippen molar-refractivity contribution in [3.8, 4) is 0 Å². The van der Waals surface area contributed by atoms with E-state index in [-0.39, 0.29) is 17.0 Å². The van der Waals surface area contributed by atoms with Gasteiger partial charge in [0.05, 0.1) is 7.11 Å². The van der Waals surface area contributed by atoms with E-state index in [4.69, 9.17) is 0 Å². The molecule has 1 aromatic heterocycles. The van der Waals surface area contributed by atoms with Crippen LogP contribution in [0, 0.1) is 5.92 Å². The van der Waals surface area contributed by atoms with Gasteiger partial charge in [0, 0.05) is 24.9 Å². The summed E-state index contributed by atoms with van der Waals surface area (Å²) in [6.45, 7) is 3.60. The predicted octanol–water partition coefficient (Wildman–Crippen LogP) is 0.313. The first-order valence-electron chi connectivity index (χ1n) is 5.92. The molecule has 1 heterocycles. The lowest BCUT2D eigenvalue weighted by molar-refractivity contribution is -0.144. The monoisotopic (exact) mass is 266 g/mol. The number of esters is 1. The lowest BCUT2D eigenvalue weighted by atomic mass is 10.0. The van der Waals surface area contributed by atoms with E-state index in [1.807, 2.05) is 0 Å². The number of nitrogens with zero attached hydrogens (tertiary/aromatic N) is 1. The highest BCUT2D eigenvalue weighted by Crippen LogP contribution is 2.05. The predicted molar refractivity (Wildman–Crippen MR) is 69.8 cm³/mol. The Labute approximate surface area is 111 Å². The van der Waals surface area contributed by atoms with Gasteiger partial charge in [-0.25, -0.2) is 4.79 Å². The molecule has 0 spiro atoms. The third-order valence-corrected chi connectivity index (χ3v) is 2.77. The maximum atomic E-state index is 12.0. The summed E-state index contributed by atoms with van der Waals surface area (Å²) < 4.78 is 5.99. The summed E-state index contributed by atoms with van der Waals surface area (Å²) in [6.07, 6.45) is 1.50. The number of methoxy groups -OCH3 is 1. The number of aromatic nitrogens is 1. The van der Waals surface area contributed by atoms with Crippen LogP contribution in [-0.4, -0.2) is 29.6 Å². The van der Waals surface area contributed by atoms with Gasteiger partial charge in [-0.3, -0.25) is 9.59 Å². The van der Waals surface area contributed by atoms with Crippen LogP contribution >= 0.6 is 0 Å². The molecule has 1 atom stereocenters. The number of hydrogen-bond donors (Lipinski definition) is 1. The Kier molecular flexibility index (Phi) is 4.86. The highest BCUT2D eigenvalue weighted by atomic mass is 16.5. The number of aryl methyl sites for hydroxylation is 1. The van der Waals surface area contributed by atoms with Crippen LogP contribution in [0.4, 0.5) is 0 Å². The fraction of sp³-hybridized carbons (Fsp3) is 0.462. The van der Waals surface area contributed by atoms with Crippen molar-refractivity contribution in [3.05, 3.63) is 34.2 Å². The summed E-state index contributed by atoms with van der Waals surface area (Å²) in [4.78, 5) is 35.0. The molecule has 0 saturated carbocycles. The highest BCUT2D eigenvalue weighted by molar-refractivity contribution is 5.96. The van der Waals surface area contributed by atoms with Crippen LogP contribution in [0.2, 0.25) is 0 Å². The Balaban J connectivity index is 2.91. The second kappa shape index (κ2) is 6.17. The Morgan fingerprint density at radius 2 is 2.00 bits per heavy atom. The summed E-state index contributed by atoms with van der Waals surface area (Å²) >= 11 is 0. The molecular formula is C13H18N2O4. The van der Waals surface area contributed by atoms with Gasteiger partial charge in [-0.05, 0) is 12.0 Å². The van der Waals surface area contributed by atoms with Crippen molar-refractivity contribution in [2.45, 2.75) is 19.9 Å². The van der Waals surface area contributed by atoms with Gasteiger partial charge >= 0.3 is 5.97 Å². The van der Waals surface area contributed by atoms with Crippen molar-refractivity contribution in [2.75, 3.05) is 7.11 Å². The standard InChI is InChI=1S/C13H18N2O4/c1-8(2)11(13(18)19-4)14-12(17)9-5-6-15(3)10(16)7-9/h5-8,11H,1-4H3,(H,14,17). The molecule has 1 unspecified atom stereocenters. The minimum Gasteiger partial charge on any atom is -0.467 e. The summed E-state index contributed by atoms with van der Waals surface area (Å²) in [5.41, 5.74) is -0.0653. The Morgan fingerprint density at radius 1 is 1.37 bits per heavy atom. The maximum absolute atomic E-state index is 12.0. The smallest absolute Gasteiger partial charge is 0.328 e. The summed E-state index contributed by atoms with van der Waals surface area (Å²) in [5.74, 6) is -1.09. The zero-order valence-electron chi connectivity index (χ0n) is 11.5. The van der Waals surface area contributed by atoms with Gasteiger partial charge in [-0.15, -0.1) is 0 Å². The van der Waals surface area contributed by atoms with E-state index in [9.17, 15) is 14.4 Å². The molecule has 1 N–H and O–H groups in total. The number of pyridine rings is 1. The van der Waals surface area contributed by atoms with E-state index in [1.165, 1.54) is 30.0 Å². The first kappa shape index (κ1) is 14.9. The molecule has 0 aromatic carbocycles. The van der Waals surface area contributed by atoms with Gasteiger partial charge in [0.15, 0.2) is 0 Å². The zero-order valence-corrected chi connectivity index (χ0v) is 11.5. The molecular weight excluding hydrogens is 248 g/mol. The van der Waals surface area contributed by atoms with Crippen molar-refractivity contribution in [3.63, 3.8) is 0 Å². The summed E-state index contributed by atoms with van der Waals surface area (Å²) in [6, 6.07) is 2.01. The zero-order chi connectivity index (χ0) is 14.6. The topological polar surface area (TPSA) is 77.4 Å². The summed E-state index contributed by atoms with van der Waals surface area (Å²) in [5, 5.41) is 2.57. The quantitative estimate of drug-likeness (QED) is 0.796. The van der Waals surface area contributed by atoms with Crippen molar-refractivity contribution >= 4 is 11.9 Å². The van der Waals surface area contributed by atoms with Gasteiger partial charge in [0.1, 0.15) is 6.04 Å². The second-order valence-electron chi connectivity index (χ2n) is 4.58. The lowest BCUT2D eigenvalue weighted by Gasteiger charge is -2.19. The van der Waals surface area contributed by atoms with Crippen LogP contribution in [-0.2, 0) is 16.6 Å². The molecule has 104 valence electrons. The lowest BCUT2D eigenvalue weighted by Crippen LogP contribution is -2.45. The number of hydrogen-bond acceptors (Lipinski definition) is 4. The van der Waals surface area contributed by atoms with E-state index in [0.717, 1.165) is 0 Å². The number of carbonyl (C=O) groups is 2. The minimum absolute atomic E-state index is 0.108. The van der Waals surface area contributed by atoms with Crippen LogP contribution in [0.15, 0.2) is 23.1 Å². The highest BCUT2D eigenvalue weighted by Gasteiger charge is 2.25. The number of rotatable bonds is 4. The Bertz CT molecular complexity index is 534. The molecule has 6 heteroatoms. The van der Waals surface area contributed by atoms with Gasteiger partial charge in [-0.2, -0.15) is 0 Å². The van der Waals surface area contributed by atoms with E-state index < -0.39 is 17.9 Å². The fourth-order valence-electron chi connectivity index (χ4n) is 1.54. The normalized spacial score (nSPS) is 12.1. The van der Waals surface area contributed by atoms with Crippen LogP contribution in [0.5, 0.6) is 0 Å². The first-order chi connectivity index (χ1) is 8.86.